The van der Waals surface area contributed by atoms with Crippen molar-refractivity contribution in [3.63, 3.8) is 0 Å². The zero-order valence-electron chi connectivity index (χ0n) is 11.3. The summed E-state index contributed by atoms with van der Waals surface area (Å²) in [6, 6.07) is 9.89. The Morgan fingerprint density at radius 1 is 1.14 bits per heavy atom. The minimum Gasteiger partial charge on any atom is -0.457 e. The third-order valence-electron chi connectivity index (χ3n) is 3.03. The SMILES string of the molecule is CCc1cc(Oc2ccc([N+](=O)[O-])c(CCl)c2)ccc1Cl. The molecule has 0 heterocycles. The molecule has 0 aliphatic heterocycles. The van der Waals surface area contributed by atoms with Crippen molar-refractivity contribution in [1.82, 2.24) is 0 Å². The maximum absolute atomic E-state index is 10.9. The first-order valence-corrected chi connectivity index (χ1v) is 7.26. The smallest absolute Gasteiger partial charge is 0.274 e. The number of benzene rings is 2. The molecular formula is C15H13Cl2NO3. The Bertz CT molecular complexity index is 674. The molecule has 21 heavy (non-hydrogen) atoms. The fourth-order valence-corrected chi connectivity index (χ4v) is 2.40. The minimum atomic E-state index is -0.459. The highest BCUT2D eigenvalue weighted by molar-refractivity contribution is 6.31. The van der Waals surface area contributed by atoms with Gasteiger partial charge in [-0.15, -0.1) is 11.6 Å². The van der Waals surface area contributed by atoms with E-state index < -0.39 is 4.92 Å². The molecule has 2 rings (SSSR count). The fourth-order valence-electron chi connectivity index (χ4n) is 1.93. The van der Waals surface area contributed by atoms with Crippen LogP contribution in [0.4, 0.5) is 5.69 Å². The molecule has 0 radical (unpaired) electrons. The zero-order chi connectivity index (χ0) is 15.4. The van der Waals surface area contributed by atoms with Crippen LogP contribution >= 0.6 is 23.2 Å². The number of nitrogens with zero attached hydrogens (tertiary/aromatic N) is 1. The fraction of sp³-hybridized carbons (Fsp3) is 0.200. The predicted molar refractivity (Wildman–Crippen MR) is 83.6 cm³/mol. The van der Waals surface area contributed by atoms with Gasteiger partial charge in [0, 0.05) is 16.7 Å². The van der Waals surface area contributed by atoms with Gasteiger partial charge in [-0.1, -0.05) is 18.5 Å². The molecule has 0 N–H and O–H groups in total. The van der Waals surface area contributed by atoms with E-state index in [2.05, 4.69) is 0 Å². The molecule has 0 fully saturated rings. The number of nitro groups is 1. The van der Waals surface area contributed by atoms with Gasteiger partial charge < -0.3 is 4.74 Å². The number of rotatable bonds is 5. The molecule has 0 aromatic heterocycles. The molecular weight excluding hydrogens is 313 g/mol. The molecule has 0 aliphatic rings. The summed E-state index contributed by atoms with van der Waals surface area (Å²) < 4.78 is 5.71. The van der Waals surface area contributed by atoms with Crippen LogP contribution in [-0.4, -0.2) is 4.92 Å². The third kappa shape index (κ3) is 3.65. The number of hydrogen-bond donors (Lipinski definition) is 0. The first-order chi connectivity index (χ1) is 10.0. The maximum Gasteiger partial charge on any atom is 0.274 e. The lowest BCUT2D eigenvalue weighted by Crippen LogP contribution is -1.95. The summed E-state index contributed by atoms with van der Waals surface area (Å²) in [6.45, 7) is 2.00. The zero-order valence-corrected chi connectivity index (χ0v) is 12.8. The molecule has 0 aliphatic carbocycles. The number of hydrogen-bond acceptors (Lipinski definition) is 3. The average Bonchev–Trinajstić information content (AvgIpc) is 2.48. The Morgan fingerprint density at radius 2 is 1.76 bits per heavy atom. The Kier molecular flexibility index (Phi) is 5.04. The standard InChI is InChI=1S/C15H13Cl2NO3/c1-2-10-7-12(3-5-14(10)17)21-13-4-6-15(18(19)20)11(8-13)9-16/h3-8H,2,9H2,1H3. The molecule has 4 nitrogen and oxygen atoms in total. The highest BCUT2D eigenvalue weighted by atomic mass is 35.5. The second kappa shape index (κ2) is 6.78. The van der Waals surface area contributed by atoms with Crippen molar-refractivity contribution in [2.24, 2.45) is 0 Å². The van der Waals surface area contributed by atoms with E-state index in [4.69, 9.17) is 27.9 Å². The van der Waals surface area contributed by atoms with Gasteiger partial charge in [-0.25, -0.2) is 0 Å². The van der Waals surface area contributed by atoms with Gasteiger partial charge in [-0.2, -0.15) is 0 Å². The highest BCUT2D eigenvalue weighted by Gasteiger charge is 2.14. The summed E-state index contributed by atoms with van der Waals surface area (Å²) in [5, 5.41) is 11.6. The molecule has 0 spiro atoms. The summed E-state index contributed by atoms with van der Waals surface area (Å²) in [4.78, 5) is 10.4. The van der Waals surface area contributed by atoms with Crippen molar-refractivity contribution in [3.8, 4) is 11.5 Å². The van der Waals surface area contributed by atoms with Crippen LogP contribution in [0.1, 0.15) is 18.1 Å². The van der Waals surface area contributed by atoms with Gasteiger partial charge >= 0.3 is 0 Å². The van der Waals surface area contributed by atoms with Gasteiger partial charge in [-0.05, 0) is 42.3 Å². The summed E-state index contributed by atoms with van der Waals surface area (Å²) >= 11 is 11.8. The summed E-state index contributed by atoms with van der Waals surface area (Å²) in [5.41, 5.74) is 1.39. The first-order valence-electron chi connectivity index (χ1n) is 6.34. The average molecular weight is 326 g/mol. The van der Waals surface area contributed by atoms with E-state index in [0.29, 0.717) is 22.1 Å². The van der Waals surface area contributed by atoms with Crippen LogP contribution in [0.2, 0.25) is 5.02 Å². The van der Waals surface area contributed by atoms with E-state index in [9.17, 15) is 10.1 Å². The predicted octanol–water partition coefficient (Wildman–Crippen LogP) is 5.34. The van der Waals surface area contributed by atoms with Gasteiger partial charge in [0.15, 0.2) is 0 Å². The number of ether oxygens (including phenoxy) is 1. The summed E-state index contributed by atoms with van der Waals surface area (Å²) in [5.74, 6) is 1.18. The van der Waals surface area contributed by atoms with Gasteiger partial charge in [0.1, 0.15) is 11.5 Å². The monoisotopic (exact) mass is 325 g/mol. The van der Waals surface area contributed by atoms with E-state index in [0.717, 1.165) is 12.0 Å². The summed E-state index contributed by atoms with van der Waals surface area (Å²) in [6.07, 6.45) is 0.795. The topological polar surface area (TPSA) is 52.4 Å². The van der Waals surface area contributed by atoms with Gasteiger partial charge in [0.2, 0.25) is 0 Å². The normalized spacial score (nSPS) is 10.4. The van der Waals surface area contributed by atoms with Crippen molar-refractivity contribution in [3.05, 3.63) is 62.7 Å². The Hall–Kier alpha value is -1.78. The van der Waals surface area contributed by atoms with E-state index in [1.165, 1.54) is 6.07 Å². The number of aryl methyl sites for hydroxylation is 1. The van der Waals surface area contributed by atoms with E-state index in [-0.39, 0.29) is 11.6 Å². The lowest BCUT2D eigenvalue weighted by atomic mass is 10.1. The largest absolute Gasteiger partial charge is 0.457 e. The van der Waals surface area contributed by atoms with Crippen LogP contribution in [0.25, 0.3) is 0 Å². The van der Waals surface area contributed by atoms with Crippen LogP contribution < -0.4 is 4.74 Å². The number of nitro benzene ring substituents is 1. The lowest BCUT2D eigenvalue weighted by molar-refractivity contribution is -0.385. The second-order valence-corrected chi connectivity index (χ2v) is 5.06. The molecule has 2 aromatic carbocycles. The third-order valence-corrected chi connectivity index (χ3v) is 3.68. The van der Waals surface area contributed by atoms with Gasteiger partial charge in [0.25, 0.3) is 5.69 Å². The van der Waals surface area contributed by atoms with Gasteiger partial charge in [-0.3, -0.25) is 10.1 Å². The number of halogens is 2. The van der Waals surface area contributed by atoms with Crippen molar-refractivity contribution in [2.75, 3.05) is 0 Å². The molecule has 2 aromatic rings. The Balaban J connectivity index is 2.29. The van der Waals surface area contributed by atoms with E-state index in [1.54, 1.807) is 24.3 Å². The van der Waals surface area contributed by atoms with Crippen molar-refractivity contribution >= 4 is 28.9 Å². The van der Waals surface area contributed by atoms with Crippen molar-refractivity contribution in [2.45, 2.75) is 19.2 Å². The highest BCUT2D eigenvalue weighted by Crippen LogP contribution is 2.30. The molecule has 0 bridgehead atoms. The lowest BCUT2D eigenvalue weighted by Gasteiger charge is -2.09. The first kappa shape index (κ1) is 15.6. The van der Waals surface area contributed by atoms with Crippen LogP contribution in [0.3, 0.4) is 0 Å². The van der Waals surface area contributed by atoms with Crippen LogP contribution in [0.15, 0.2) is 36.4 Å². The second-order valence-electron chi connectivity index (χ2n) is 4.39. The molecule has 110 valence electrons. The molecule has 0 saturated heterocycles. The van der Waals surface area contributed by atoms with Crippen LogP contribution in [0.5, 0.6) is 11.5 Å². The molecule has 0 unspecified atom stereocenters. The van der Waals surface area contributed by atoms with Crippen LogP contribution in [0, 0.1) is 10.1 Å². The Morgan fingerprint density at radius 3 is 2.33 bits per heavy atom. The minimum absolute atomic E-state index is 0.0114. The number of alkyl halides is 1. The Labute approximate surface area is 132 Å². The molecule has 6 heteroatoms. The summed E-state index contributed by atoms with van der Waals surface area (Å²) in [7, 11) is 0. The van der Waals surface area contributed by atoms with Gasteiger partial charge in [0.05, 0.1) is 10.8 Å². The van der Waals surface area contributed by atoms with Crippen LogP contribution in [-0.2, 0) is 12.3 Å². The van der Waals surface area contributed by atoms with E-state index in [1.807, 2.05) is 13.0 Å². The van der Waals surface area contributed by atoms with E-state index >= 15 is 0 Å². The van der Waals surface area contributed by atoms with Crippen molar-refractivity contribution < 1.29 is 9.66 Å². The van der Waals surface area contributed by atoms with Crippen molar-refractivity contribution in [1.29, 1.82) is 0 Å². The quantitative estimate of drug-likeness (QED) is 0.423. The maximum atomic E-state index is 10.9. The molecule has 0 amide bonds. The molecule has 0 saturated carbocycles. The molecule has 0 atom stereocenters.